The number of rotatable bonds is 2. The summed E-state index contributed by atoms with van der Waals surface area (Å²) in [6.45, 7) is 0. The smallest absolute Gasteiger partial charge is 0.262 e. The average molecular weight is 235 g/mol. The molecule has 0 aliphatic rings. The first-order chi connectivity index (χ1) is 5.88. The molecule has 14 heavy (non-hydrogen) atoms. The van der Waals surface area contributed by atoms with Crippen LogP contribution >= 0.6 is 0 Å². The first kappa shape index (κ1) is 13.3. The van der Waals surface area contributed by atoms with Gasteiger partial charge in [-0.15, -0.1) is 0 Å². The molecule has 1 nitrogen and oxygen atoms in total. The molecule has 0 heterocycles. The van der Waals surface area contributed by atoms with Crippen LogP contribution in [0.2, 0.25) is 0 Å². The minimum absolute atomic E-state index is 1.83. The van der Waals surface area contributed by atoms with Gasteiger partial charge in [0.2, 0.25) is 0 Å². The summed E-state index contributed by atoms with van der Waals surface area (Å²) in [7, 11) is 0. The molecule has 0 aromatic carbocycles. The van der Waals surface area contributed by atoms with Crippen LogP contribution in [0.5, 0.6) is 0 Å². The zero-order valence-electron chi connectivity index (χ0n) is 5.81. The van der Waals surface area contributed by atoms with Crippen molar-refractivity contribution in [3.63, 3.8) is 0 Å². The van der Waals surface area contributed by atoms with Crippen molar-refractivity contribution in [2.45, 2.75) is 18.5 Å². The van der Waals surface area contributed by atoms with Crippen LogP contribution in [-0.4, -0.2) is 18.5 Å². The van der Waals surface area contributed by atoms with Gasteiger partial charge in [0.15, 0.2) is 0 Å². The molecule has 0 aliphatic heterocycles. The lowest BCUT2D eigenvalue weighted by molar-refractivity contribution is -0.411. The molecule has 0 aromatic heterocycles. The van der Waals surface area contributed by atoms with Gasteiger partial charge in [-0.1, -0.05) is 0 Å². The largest absolute Gasteiger partial charge is 0.483 e. The predicted molar refractivity (Wildman–Crippen MR) is 22.5 cm³/mol. The summed E-state index contributed by atoms with van der Waals surface area (Å²) in [5.74, 6) is 0. The van der Waals surface area contributed by atoms with Crippen LogP contribution in [0.15, 0.2) is 0 Å². The molecule has 0 N–H and O–H groups in total. The fraction of sp³-hybridized carbons (Fsp3) is 0.750. The lowest BCUT2D eigenvalue weighted by Crippen LogP contribution is -2.41. The van der Waals surface area contributed by atoms with Gasteiger partial charge in [0, 0.05) is 0 Å². The van der Waals surface area contributed by atoms with Crippen LogP contribution in [0.4, 0.5) is 39.5 Å². The van der Waals surface area contributed by atoms with E-state index in [2.05, 4.69) is 0 Å². The second-order valence-corrected chi connectivity index (χ2v) is 1.89. The zero-order chi connectivity index (χ0) is 11.8. The SMILES string of the molecule is F[C](OC(F)(F)C(F)(F)F)C(F)(F)F. The van der Waals surface area contributed by atoms with Crippen molar-refractivity contribution in [2.75, 3.05) is 0 Å². The van der Waals surface area contributed by atoms with Crippen LogP contribution in [0.3, 0.4) is 0 Å². The molecular formula is C4F9O. The van der Waals surface area contributed by atoms with Crippen LogP contribution in [-0.2, 0) is 4.74 Å². The summed E-state index contributed by atoms with van der Waals surface area (Å²) in [6.07, 6.45) is -22.5. The van der Waals surface area contributed by atoms with Crippen molar-refractivity contribution < 1.29 is 44.3 Å². The minimum Gasteiger partial charge on any atom is -0.262 e. The monoisotopic (exact) mass is 235 g/mol. The van der Waals surface area contributed by atoms with Crippen molar-refractivity contribution in [1.82, 2.24) is 0 Å². The molecule has 0 bridgehead atoms. The van der Waals surface area contributed by atoms with Crippen LogP contribution in [0.25, 0.3) is 0 Å². The van der Waals surface area contributed by atoms with Crippen LogP contribution in [0.1, 0.15) is 0 Å². The number of hydrogen-bond donors (Lipinski definition) is 0. The second kappa shape index (κ2) is 3.48. The first-order valence-electron chi connectivity index (χ1n) is 2.61. The average Bonchev–Trinajstić information content (AvgIpc) is 1.80. The Bertz CT molecular complexity index is 190. The maximum Gasteiger partial charge on any atom is 0.483 e. The van der Waals surface area contributed by atoms with Gasteiger partial charge < -0.3 is 0 Å². The van der Waals surface area contributed by atoms with Crippen molar-refractivity contribution in [3.8, 4) is 0 Å². The van der Waals surface area contributed by atoms with Gasteiger partial charge in [-0.05, 0) is 0 Å². The lowest BCUT2D eigenvalue weighted by Gasteiger charge is -2.21. The highest BCUT2D eigenvalue weighted by Crippen LogP contribution is 2.42. The predicted octanol–water partition coefficient (Wildman–Crippen LogP) is 3.18. The summed E-state index contributed by atoms with van der Waals surface area (Å²) in [6, 6.07) is 0. The van der Waals surface area contributed by atoms with Crippen LogP contribution in [0, 0.1) is 6.36 Å². The first-order valence-corrected chi connectivity index (χ1v) is 2.61. The molecule has 85 valence electrons. The Morgan fingerprint density at radius 1 is 0.786 bits per heavy atom. The topological polar surface area (TPSA) is 9.23 Å². The van der Waals surface area contributed by atoms with Gasteiger partial charge >= 0.3 is 24.8 Å². The number of alkyl halides is 8. The molecule has 0 unspecified atom stereocenters. The maximum atomic E-state index is 11.6. The Kier molecular flexibility index (Phi) is 3.31. The Balaban J connectivity index is 4.53. The fourth-order valence-corrected chi connectivity index (χ4v) is 0.228. The van der Waals surface area contributed by atoms with Gasteiger partial charge in [0.1, 0.15) is 0 Å². The normalized spacial score (nSPS) is 15.0. The molecule has 0 amide bonds. The molecule has 0 aliphatic carbocycles. The van der Waals surface area contributed by atoms with E-state index in [0.29, 0.717) is 0 Å². The summed E-state index contributed by atoms with van der Waals surface area (Å²) in [5, 5.41) is 0. The van der Waals surface area contributed by atoms with Gasteiger partial charge in [0.25, 0.3) is 0 Å². The molecule has 0 atom stereocenters. The number of ether oxygens (including phenoxy) is 1. The molecule has 0 saturated heterocycles. The summed E-state index contributed by atoms with van der Waals surface area (Å²) >= 11 is 0. The molecule has 10 heteroatoms. The molecular weight excluding hydrogens is 235 g/mol. The Hall–Kier alpha value is -0.670. The molecule has 0 fully saturated rings. The van der Waals surface area contributed by atoms with Crippen molar-refractivity contribution in [3.05, 3.63) is 6.36 Å². The van der Waals surface area contributed by atoms with Gasteiger partial charge in [-0.2, -0.15) is 39.5 Å². The highest BCUT2D eigenvalue weighted by molar-refractivity contribution is 4.78. The van der Waals surface area contributed by atoms with Gasteiger partial charge in [0.05, 0.1) is 0 Å². The summed E-state index contributed by atoms with van der Waals surface area (Å²) in [5.41, 5.74) is 0. The zero-order valence-corrected chi connectivity index (χ0v) is 5.81. The fourth-order valence-electron chi connectivity index (χ4n) is 0.228. The van der Waals surface area contributed by atoms with Crippen molar-refractivity contribution in [2.24, 2.45) is 0 Å². The van der Waals surface area contributed by atoms with E-state index in [-0.39, 0.29) is 0 Å². The lowest BCUT2D eigenvalue weighted by atomic mass is 10.6. The Morgan fingerprint density at radius 3 is 1.36 bits per heavy atom. The van der Waals surface area contributed by atoms with Crippen molar-refractivity contribution >= 4 is 0 Å². The van der Waals surface area contributed by atoms with E-state index in [1.807, 2.05) is 4.74 Å². The van der Waals surface area contributed by atoms with E-state index in [9.17, 15) is 39.5 Å². The molecule has 0 rings (SSSR count). The summed E-state index contributed by atoms with van der Waals surface area (Å²) < 4.78 is 103. The Morgan fingerprint density at radius 2 is 1.14 bits per heavy atom. The van der Waals surface area contributed by atoms with Crippen molar-refractivity contribution in [1.29, 1.82) is 0 Å². The maximum absolute atomic E-state index is 11.6. The van der Waals surface area contributed by atoms with E-state index in [1.54, 1.807) is 0 Å². The van der Waals surface area contributed by atoms with E-state index < -0.39 is 24.8 Å². The standard InChI is InChI=1S/C4F9O/c5-1(2(6,7)8)14-4(12,13)3(9,10)11. The number of hydrogen-bond acceptors (Lipinski definition) is 1. The quantitative estimate of drug-likeness (QED) is 0.668. The van der Waals surface area contributed by atoms with E-state index in [0.717, 1.165) is 0 Å². The third-order valence-corrected chi connectivity index (χ3v) is 0.771. The third-order valence-electron chi connectivity index (χ3n) is 0.771. The highest BCUT2D eigenvalue weighted by Gasteiger charge is 2.64. The highest BCUT2D eigenvalue weighted by atomic mass is 19.4. The Labute approximate surface area is 70.4 Å². The number of halogens is 9. The summed E-state index contributed by atoms with van der Waals surface area (Å²) in [4.78, 5) is 0. The van der Waals surface area contributed by atoms with E-state index in [4.69, 9.17) is 0 Å². The molecule has 0 saturated carbocycles. The minimum atomic E-state index is -6.42. The van der Waals surface area contributed by atoms with E-state index >= 15 is 0 Å². The molecule has 0 aromatic rings. The second-order valence-electron chi connectivity index (χ2n) is 1.89. The van der Waals surface area contributed by atoms with Crippen LogP contribution < -0.4 is 0 Å². The van der Waals surface area contributed by atoms with Gasteiger partial charge in [-0.25, -0.2) is 0 Å². The molecule has 1 radical (unpaired) electrons. The van der Waals surface area contributed by atoms with E-state index in [1.165, 1.54) is 0 Å². The third kappa shape index (κ3) is 3.24. The van der Waals surface area contributed by atoms with Gasteiger partial charge in [-0.3, -0.25) is 4.74 Å². The molecule has 0 spiro atoms.